The number of nitrogens with zero attached hydrogens (tertiary/aromatic N) is 3. The molecule has 0 aliphatic carbocycles. The van der Waals surface area contributed by atoms with Gasteiger partial charge in [0.15, 0.2) is 0 Å². The molecule has 2 aromatic rings. The predicted octanol–water partition coefficient (Wildman–Crippen LogP) is 2.00. The van der Waals surface area contributed by atoms with Crippen molar-refractivity contribution in [2.45, 2.75) is 17.9 Å². The maximum Gasteiger partial charge on any atom is 0.295 e. The normalized spacial score (nSPS) is 20.9. The second-order valence-electron chi connectivity index (χ2n) is 9.25. The number of morpholine rings is 1. The zero-order chi connectivity index (χ0) is 26.0. The van der Waals surface area contributed by atoms with E-state index in [-0.39, 0.29) is 29.1 Å². The third kappa shape index (κ3) is 5.08. The summed E-state index contributed by atoms with van der Waals surface area (Å²) in [7, 11) is -0.0676. The summed E-state index contributed by atoms with van der Waals surface area (Å²) in [5.74, 6) is -1.88. The largest absolute Gasteiger partial charge is 0.507 e. The molecule has 9 nitrogen and oxygen atoms in total. The van der Waals surface area contributed by atoms with Crippen LogP contribution in [0.15, 0.2) is 59.0 Å². The van der Waals surface area contributed by atoms with E-state index in [2.05, 4.69) is 0 Å². The molecule has 1 amide bonds. The monoisotopic (exact) mass is 513 g/mol. The summed E-state index contributed by atoms with van der Waals surface area (Å²) in [6.07, 6.45) is 0. The number of likely N-dealkylation sites (tertiary alicyclic amines) is 1. The van der Waals surface area contributed by atoms with Gasteiger partial charge in [0, 0.05) is 31.7 Å². The molecule has 2 aromatic carbocycles. The van der Waals surface area contributed by atoms with Crippen LogP contribution in [0, 0.1) is 6.92 Å². The topological polar surface area (TPSA) is 107 Å². The van der Waals surface area contributed by atoms with Gasteiger partial charge in [0.2, 0.25) is 10.0 Å². The van der Waals surface area contributed by atoms with Gasteiger partial charge in [0.25, 0.3) is 11.7 Å². The van der Waals surface area contributed by atoms with Gasteiger partial charge >= 0.3 is 0 Å². The maximum atomic E-state index is 13.2. The minimum Gasteiger partial charge on any atom is -0.507 e. The van der Waals surface area contributed by atoms with E-state index in [1.165, 1.54) is 33.5 Å². The molecular formula is C26H31N3O6S. The first-order valence-corrected chi connectivity index (χ1v) is 13.2. The summed E-state index contributed by atoms with van der Waals surface area (Å²) in [6, 6.07) is 12.5. The molecule has 2 aliphatic heterocycles. The fraction of sp³-hybridized carbons (Fsp3) is 0.385. The van der Waals surface area contributed by atoms with Crippen LogP contribution in [-0.4, -0.2) is 92.8 Å². The van der Waals surface area contributed by atoms with Crippen LogP contribution in [0.5, 0.6) is 0 Å². The SMILES string of the molecule is Cc1ccc([C@H]2C(=C(O)c3cccc(S(=O)(=O)N4CCOCC4)c3)C(=O)C(=O)N2CCN(C)C)cc1. The summed E-state index contributed by atoms with van der Waals surface area (Å²) in [6.45, 7) is 3.86. The number of rotatable bonds is 7. The van der Waals surface area contributed by atoms with Crippen LogP contribution in [0.1, 0.15) is 22.7 Å². The lowest BCUT2D eigenvalue weighted by Crippen LogP contribution is -2.40. The molecule has 0 unspecified atom stereocenters. The first-order valence-electron chi connectivity index (χ1n) is 11.8. The fourth-order valence-electron chi connectivity index (χ4n) is 4.41. The number of hydrogen-bond acceptors (Lipinski definition) is 7. The molecule has 2 fully saturated rings. The van der Waals surface area contributed by atoms with Crippen LogP contribution in [0.25, 0.3) is 5.76 Å². The molecule has 192 valence electrons. The Morgan fingerprint density at radius 2 is 1.75 bits per heavy atom. The van der Waals surface area contributed by atoms with Gasteiger partial charge in [-0.2, -0.15) is 4.31 Å². The summed E-state index contributed by atoms with van der Waals surface area (Å²) >= 11 is 0. The first kappa shape index (κ1) is 26.0. The van der Waals surface area contributed by atoms with E-state index in [0.717, 1.165) is 5.56 Å². The van der Waals surface area contributed by atoms with Gasteiger partial charge in [0.1, 0.15) is 5.76 Å². The predicted molar refractivity (Wildman–Crippen MR) is 135 cm³/mol. The van der Waals surface area contributed by atoms with Crippen LogP contribution >= 0.6 is 0 Å². The van der Waals surface area contributed by atoms with Crippen molar-refractivity contribution in [3.8, 4) is 0 Å². The van der Waals surface area contributed by atoms with Crippen LogP contribution in [-0.2, 0) is 24.3 Å². The van der Waals surface area contributed by atoms with Crippen LogP contribution in [0.3, 0.4) is 0 Å². The second kappa shape index (κ2) is 10.5. The van der Waals surface area contributed by atoms with Gasteiger partial charge in [-0.15, -0.1) is 0 Å². The van der Waals surface area contributed by atoms with Crippen molar-refractivity contribution in [3.63, 3.8) is 0 Å². The molecule has 0 bridgehead atoms. The lowest BCUT2D eigenvalue weighted by molar-refractivity contribution is -0.140. The van der Waals surface area contributed by atoms with Gasteiger partial charge in [-0.05, 0) is 38.7 Å². The third-order valence-corrected chi connectivity index (χ3v) is 8.33. The zero-order valence-electron chi connectivity index (χ0n) is 20.7. The van der Waals surface area contributed by atoms with Gasteiger partial charge in [0.05, 0.1) is 29.7 Å². The molecule has 2 aliphatic rings. The standard InChI is InChI=1S/C26H31N3O6S/c1-18-7-9-19(10-8-18)23-22(25(31)26(32)29(23)12-11-27(2)3)24(30)20-5-4-6-21(17-20)36(33,34)28-13-15-35-16-14-28/h4-10,17,23,30H,11-16H2,1-3H3/t23-/m0/s1. The van der Waals surface area contributed by atoms with E-state index < -0.39 is 33.5 Å². The van der Waals surface area contributed by atoms with Crippen molar-refractivity contribution in [1.82, 2.24) is 14.1 Å². The van der Waals surface area contributed by atoms with Crippen molar-refractivity contribution in [2.24, 2.45) is 0 Å². The molecule has 0 saturated carbocycles. The Kier molecular flexibility index (Phi) is 7.60. The summed E-state index contributed by atoms with van der Waals surface area (Å²) in [4.78, 5) is 29.6. The number of aryl methyl sites for hydroxylation is 1. The Hall–Kier alpha value is -3.05. The molecule has 1 N–H and O–H groups in total. The second-order valence-corrected chi connectivity index (χ2v) is 11.2. The minimum absolute atomic E-state index is 0.00201. The number of benzene rings is 2. The van der Waals surface area contributed by atoms with E-state index in [4.69, 9.17) is 4.74 Å². The number of Topliss-reactive ketones (excluding diaryl/α,β-unsaturated/α-hetero) is 1. The van der Waals surface area contributed by atoms with Crippen LogP contribution in [0.4, 0.5) is 0 Å². The van der Waals surface area contributed by atoms with Crippen molar-refractivity contribution in [1.29, 1.82) is 0 Å². The molecule has 2 saturated heterocycles. The highest BCUT2D eigenvalue weighted by Crippen LogP contribution is 2.39. The molecule has 4 rings (SSSR count). The Labute approximate surface area is 211 Å². The highest BCUT2D eigenvalue weighted by molar-refractivity contribution is 7.89. The average molecular weight is 514 g/mol. The van der Waals surface area contributed by atoms with Gasteiger partial charge in [-0.3, -0.25) is 9.59 Å². The van der Waals surface area contributed by atoms with E-state index >= 15 is 0 Å². The molecule has 36 heavy (non-hydrogen) atoms. The van der Waals surface area contributed by atoms with Crippen molar-refractivity contribution < 1.29 is 27.9 Å². The Morgan fingerprint density at radius 3 is 2.39 bits per heavy atom. The van der Waals surface area contributed by atoms with Crippen molar-refractivity contribution >= 4 is 27.5 Å². The maximum absolute atomic E-state index is 13.2. The van der Waals surface area contributed by atoms with Gasteiger partial charge < -0.3 is 19.6 Å². The van der Waals surface area contributed by atoms with E-state index in [1.54, 1.807) is 0 Å². The lowest BCUT2D eigenvalue weighted by atomic mass is 9.95. The number of carbonyl (C=O) groups excluding carboxylic acids is 2. The number of likely N-dealkylation sites (N-methyl/N-ethyl adjacent to an activating group) is 1. The molecular weight excluding hydrogens is 482 g/mol. The van der Waals surface area contributed by atoms with Gasteiger partial charge in [-0.1, -0.05) is 42.0 Å². The number of aliphatic hydroxyl groups is 1. The highest BCUT2D eigenvalue weighted by atomic mass is 32.2. The number of ketones is 1. The lowest BCUT2D eigenvalue weighted by Gasteiger charge is -2.27. The van der Waals surface area contributed by atoms with Crippen LogP contribution < -0.4 is 0 Å². The smallest absolute Gasteiger partial charge is 0.295 e. The highest BCUT2D eigenvalue weighted by Gasteiger charge is 2.46. The molecule has 2 heterocycles. The number of carbonyl (C=O) groups is 2. The number of sulfonamides is 1. The average Bonchev–Trinajstić information content (AvgIpc) is 3.13. The molecule has 1 atom stereocenters. The minimum atomic E-state index is -3.81. The Morgan fingerprint density at radius 1 is 1.08 bits per heavy atom. The molecule has 10 heteroatoms. The number of hydrogen-bond donors (Lipinski definition) is 1. The van der Waals surface area contributed by atoms with E-state index in [0.29, 0.717) is 31.9 Å². The van der Waals surface area contributed by atoms with Crippen molar-refractivity contribution in [3.05, 3.63) is 70.8 Å². The number of amides is 1. The number of ether oxygens (including phenoxy) is 1. The fourth-order valence-corrected chi connectivity index (χ4v) is 5.86. The first-order chi connectivity index (χ1) is 17.1. The van der Waals surface area contributed by atoms with Crippen LogP contribution in [0.2, 0.25) is 0 Å². The molecule has 0 radical (unpaired) electrons. The van der Waals surface area contributed by atoms with E-state index in [1.807, 2.05) is 50.2 Å². The summed E-state index contributed by atoms with van der Waals surface area (Å²) in [5, 5.41) is 11.3. The third-order valence-electron chi connectivity index (χ3n) is 6.44. The quantitative estimate of drug-likeness (QED) is 0.343. The summed E-state index contributed by atoms with van der Waals surface area (Å²) in [5.41, 5.74) is 1.82. The Bertz CT molecular complexity index is 1280. The van der Waals surface area contributed by atoms with Crippen molar-refractivity contribution in [2.75, 3.05) is 53.5 Å². The number of aliphatic hydroxyl groups excluding tert-OH is 1. The molecule has 0 aromatic heterocycles. The van der Waals surface area contributed by atoms with Gasteiger partial charge in [-0.25, -0.2) is 8.42 Å². The zero-order valence-corrected chi connectivity index (χ0v) is 21.5. The summed E-state index contributed by atoms with van der Waals surface area (Å²) < 4.78 is 32.9. The molecule has 0 spiro atoms. The van der Waals surface area contributed by atoms with E-state index in [9.17, 15) is 23.1 Å². The Balaban J connectivity index is 1.79.